The molecular formula is C14H26N2O2S. The van der Waals surface area contributed by atoms with E-state index in [1.165, 1.54) is 25.7 Å². The first-order valence-corrected chi connectivity index (χ1v) is 9.43. The summed E-state index contributed by atoms with van der Waals surface area (Å²) in [6.07, 6.45) is 6.36. The second-order valence-corrected chi connectivity index (χ2v) is 8.58. The highest BCUT2D eigenvalue weighted by Crippen LogP contribution is 2.46. The minimum absolute atomic E-state index is 0.307. The van der Waals surface area contributed by atoms with Gasteiger partial charge in [0.2, 0.25) is 10.0 Å². The van der Waals surface area contributed by atoms with E-state index in [1.807, 2.05) is 6.92 Å². The van der Waals surface area contributed by atoms with Crippen molar-refractivity contribution in [3.05, 3.63) is 0 Å². The first-order chi connectivity index (χ1) is 9.10. The lowest BCUT2D eigenvalue weighted by atomic mass is 9.93. The van der Waals surface area contributed by atoms with Crippen LogP contribution in [-0.2, 0) is 10.0 Å². The van der Waals surface area contributed by atoms with E-state index in [4.69, 9.17) is 0 Å². The minimum atomic E-state index is -2.98. The number of nitrogens with zero attached hydrogens (tertiary/aromatic N) is 2. The van der Waals surface area contributed by atoms with Crippen LogP contribution in [0.2, 0.25) is 0 Å². The van der Waals surface area contributed by atoms with Crippen LogP contribution in [0.15, 0.2) is 0 Å². The summed E-state index contributed by atoms with van der Waals surface area (Å²) < 4.78 is 25.8. The second kappa shape index (κ2) is 5.34. The third-order valence-electron chi connectivity index (χ3n) is 5.30. The number of hydrogen-bond acceptors (Lipinski definition) is 3. The van der Waals surface area contributed by atoms with Gasteiger partial charge in [-0.05, 0) is 37.5 Å². The summed E-state index contributed by atoms with van der Waals surface area (Å²) in [5.41, 5.74) is 0. The van der Waals surface area contributed by atoms with E-state index in [0.29, 0.717) is 18.8 Å². The summed E-state index contributed by atoms with van der Waals surface area (Å²) in [6, 6.07) is 0.759. The Kier molecular flexibility index (Phi) is 3.89. The fourth-order valence-electron chi connectivity index (χ4n) is 4.36. The highest BCUT2D eigenvalue weighted by atomic mass is 32.2. The molecule has 0 aromatic rings. The molecule has 0 N–H and O–H groups in total. The van der Waals surface area contributed by atoms with Crippen LogP contribution in [0, 0.1) is 11.8 Å². The molecule has 5 heteroatoms. The van der Waals surface area contributed by atoms with Crippen molar-refractivity contribution < 1.29 is 8.42 Å². The molecule has 2 bridgehead atoms. The van der Waals surface area contributed by atoms with Crippen molar-refractivity contribution >= 4 is 10.0 Å². The normalized spacial score (nSPS) is 37.0. The molecule has 3 rings (SSSR count). The van der Waals surface area contributed by atoms with Gasteiger partial charge in [-0.2, -0.15) is 4.31 Å². The molecule has 3 aliphatic rings. The molecular weight excluding hydrogens is 260 g/mol. The van der Waals surface area contributed by atoms with Crippen LogP contribution in [0.5, 0.6) is 0 Å². The Morgan fingerprint density at radius 1 is 1.05 bits per heavy atom. The van der Waals surface area contributed by atoms with Gasteiger partial charge in [0, 0.05) is 32.2 Å². The van der Waals surface area contributed by atoms with Crippen LogP contribution in [0.4, 0.5) is 0 Å². The number of rotatable bonds is 4. The van der Waals surface area contributed by atoms with Crippen molar-refractivity contribution in [1.29, 1.82) is 0 Å². The Morgan fingerprint density at radius 3 is 2.32 bits per heavy atom. The number of hydrogen-bond donors (Lipinski definition) is 0. The molecule has 3 fully saturated rings. The molecule has 4 nitrogen and oxygen atoms in total. The summed E-state index contributed by atoms with van der Waals surface area (Å²) >= 11 is 0. The van der Waals surface area contributed by atoms with E-state index in [-0.39, 0.29) is 0 Å². The van der Waals surface area contributed by atoms with Gasteiger partial charge in [-0.25, -0.2) is 8.42 Å². The van der Waals surface area contributed by atoms with Crippen molar-refractivity contribution in [2.45, 2.75) is 45.1 Å². The van der Waals surface area contributed by atoms with Crippen molar-refractivity contribution in [3.8, 4) is 0 Å². The lowest BCUT2D eigenvalue weighted by molar-refractivity contribution is 0.101. The van der Waals surface area contributed by atoms with Crippen LogP contribution in [-0.4, -0.2) is 55.6 Å². The zero-order valence-corrected chi connectivity index (χ0v) is 12.7. The molecule has 2 saturated carbocycles. The molecule has 0 unspecified atom stereocenters. The van der Waals surface area contributed by atoms with Crippen molar-refractivity contribution in [1.82, 2.24) is 9.21 Å². The fraction of sp³-hybridized carbons (Fsp3) is 1.00. The van der Waals surface area contributed by atoms with Gasteiger partial charge < -0.3 is 0 Å². The third-order valence-corrected chi connectivity index (χ3v) is 7.37. The Hall–Kier alpha value is -0.130. The predicted octanol–water partition coefficient (Wildman–Crippen LogP) is 1.53. The fourth-order valence-corrected chi connectivity index (χ4v) is 5.85. The molecule has 2 aliphatic carbocycles. The lowest BCUT2D eigenvalue weighted by Crippen LogP contribution is -2.53. The van der Waals surface area contributed by atoms with Crippen LogP contribution >= 0.6 is 0 Å². The third kappa shape index (κ3) is 2.69. The summed E-state index contributed by atoms with van der Waals surface area (Å²) in [5.74, 6) is 2.18. The first kappa shape index (κ1) is 13.8. The molecule has 0 spiro atoms. The van der Waals surface area contributed by atoms with E-state index < -0.39 is 10.0 Å². The maximum Gasteiger partial charge on any atom is 0.214 e. The van der Waals surface area contributed by atoms with Gasteiger partial charge in [0.15, 0.2) is 0 Å². The molecule has 3 atom stereocenters. The minimum Gasteiger partial charge on any atom is -0.297 e. The molecule has 110 valence electrons. The van der Waals surface area contributed by atoms with Crippen molar-refractivity contribution in [2.75, 3.05) is 31.9 Å². The van der Waals surface area contributed by atoms with Crippen LogP contribution in [0.3, 0.4) is 0 Å². The molecule has 1 heterocycles. The SMILES string of the molecule is CCCS(=O)(=O)N1CCN([C@H]2C[C@H]3CC[C@@H]2C3)CC1. The maximum atomic E-state index is 12.0. The molecule has 1 aliphatic heterocycles. The average Bonchev–Trinajstić information content (AvgIpc) is 3.01. The molecule has 19 heavy (non-hydrogen) atoms. The van der Waals surface area contributed by atoms with Gasteiger partial charge in [0.1, 0.15) is 0 Å². The van der Waals surface area contributed by atoms with E-state index >= 15 is 0 Å². The Balaban J connectivity index is 1.55. The highest BCUT2D eigenvalue weighted by Gasteiger charge is 2.43. The van der Waals surface area contributed by atoms with Gasteiger partial charge >= 0.3 is 0 Å². The summed E-state index contributed by atoms with van der Waals surface area (Å²) in [6.45, 7) is 5.23. The molecule has 1 saturated heterocycles. The van der Waals surface area contributed by atoms with E-state index in [1.54, 1.807) is 4.31 Å². The molecule has 0 aromatic heterocycles. The number of sulfonamides is 1. The maximum absolute atomic E-state index is 12.0. The summed E-state index contributed by atoms with van der Waals surface area (Å²) in [5, 5.41) is 0. The van der Waals surface area contributed by atoms with Crippen LogP contribution < -0.4 is 0 Å². The Labute approximate surface area is 117 Å². The van der Waals surface area contributed by atoms with E-state index in [0.717, 1.165) is 37.4 Å². The summed E-state index contributed by atoms with van der Waals surface area (Å²) in [7, 11) is -2.98. The number of fused-ring (bicyclic) bond motifs is 2. The molecule has 0 amide bonds. The Bertz CT molecular complexity index is 415. The lowest BCUT2D eigenvalue weighted by Gasteiger charge is -2.40. The quantitative estimate of drug-likeness (QED) is 0.787. The second-order valence-electron chi connectivity index (χ2n) is 6.49. The van der Waals surface area contributed by atoms with E-state index in [2.05, 4.69) is 4.90 Å². The van der Waals surface area contributed by atoms with Crippen molar-refractivity contribution in [3.63, 3.8) is 0 Å². The average molecular weight is 286 g/mol. The van der Waals surface area contributed by atoms with E-state index in [9.17, 15) is 8.42 Å². The predicted molar refractivity (Wildman–Crippen MR) is 76.5 cm³/mol. The van der Waals surface area contributed by atoms with Gasteiger partial charge in [-0.1, -0.05) is 13.3 Å². The monoisotopic (exact) mass is 286 g/mol. The first-order valence-electron chi connectivity index (χ1n) is 7.82. The zero-order chi connectivity index (χ0) is 13.5. The van der Waals surface area contributed by atoms with Gasteiger partial charge in [-0.15, -0.1) is 0 Å². The molecule has 0 aromatic carbocycles. The standard InChI is InChI=1S/C14H26N2O2S/c1-2-9-19(17,18)16-7-5-15(6-8-16)14-11-12-3-4-13(14)10-12/h12-14H,2-11H2,1H3/t12-,13+,14-/m0/s1. The number of piperazine rings is 1. The van der Waals surface area contributed by atoms with Crippen LogP contribution in [0.25, 0.3) is 0 Å². The zero-order valence-electron chi connectivity index (χ0n) is 11.9. The van der Waals surface area contributed by atoms with Crippen LogP contribution in [0.1, 0.15) is 39.0 Å². The van der Waals surface area contributed by atoms with Gasteiger partial charge in [-0.3, -0.25) is 4.90 Å². The smallest absolute Gasteiger partial charge is 0.214 e. The topological polar surface area (TPSA) is 40.6 Å². The Morgan fingerprint density at radius 2 is 1.79 bits per heavy atom. The highest BCUT2D eigenvalue weighted by molar-refractivity contribution is 7.89. The molecule has 0 radical (unpaired) electrons. The summed E-state index contributed by atoms with van der Waals surface area (Å²) in [4.78, 5) is 2.57. The van der Waals surface area contributed by atoms with Gasteiger partial charge in [0.25, 0.3) is 0 Å². The van der Waals surface area contributed by atoms with Gasteiger partial charge in [0.05, 0.1) is 5.75 Å². The van der Waals surface area contributed by atoms with Crippen molar-refractivity contribution in [2.24, 2.45) is 11.8 Å². The largest absolute Gasteiger partial charge is 0.297 e.